The van der Waals surface area contributed by atoms with Gasteiger partial charge in [0.15, 0.2) is 17.2 Å². The molecule has 7 aromatic carbocycles. The van der Waals surface area contributed by atoms with Gasteiger partial charge in [0.2, 0.25) is 10.0 Å². The minimum atomic E-state index is -3.99. The summed E-state index contributed by atoms with van der Waals surface area (Å²) in [5.74, 6) is 1.43. The van der Waals surface area contributed by atoms with Crippen LogP contribution >= 0.6 is 22.9 Å². The van der Waals surface area contributed by atoms with Crippen molar-refractivity contribution in [1.82, 2.24) is 4.72 Å². The van der Waals surface area contributed by atoms with Crippen LogP contribution in [0.15, 0.2) is 175 Å². The fourth-order valence-electron chi connectivity index (χ4n) is 6.51. The molecule has 1 N–H and O–H groups in total. The molecule has 0 aliphatic carbocycles. The maximum Gasteiger partial charge on any atom is 0.337 e. The number of halogens is 1. The molecule has 8 nitrogen and oxygen atoms in total. The number of hydrogen-bond donors (Lipinski definition) is 1. The topological polar surface area (TPSA) is 100 Å². The number of ether oxygens (including phenoxy) is 4. The normalized spacial score (nSPS) is 11.3. The Labute approximate surface area is 357 Å². The average molecular weight is 852 g/mol. The van der Waals surface area contributed by atoms with Gasteiger partial charge in [-0.25, -0.2) is 17.9 Å². The molecule has 1 aromatic heterocycles. The molecule has 8 aromatic rings. The molecular formula is C49H38ClNO7S2. The lowest BCUT2D eigenvalue weighted by Crippen LogP contribution is -2.23. The zero-order valence-electron chi connectivity index (χ0n) is 32.3. The molecule has 300 valence electrons. The third kappa shape index (κ3) is 9.54. The summed E-state index contributed by atoms with van der Waals surface area (Å²) in [6.07, 6.45) is 0. The highest BCUT2D eigenvalue weighted by Gasteiger charge is 2.22. The summed E-state index contributed by atoms with van der Waals surface area (Å²) < 4.78 is 54.8. The quantitative estimate of drug-likeness (QED) is 0.103. The number of thiophene rings is 1. The molecule has 0 radical (unpaired) electrons. The van der Waals surface area contributed by atoms with Crippen LogP contribution in [0.1, 0.15) is 26.4 Å². The lowest BCUT2D eigenvalue weighted by Gasteiger charge is -2.15. The summed E-state index contributed by atoms with van der Waals surface area (Å²) in [6.45, 7) is 0.461. The number of nitrogens with one attached hydrogen (secondary N) is 1. The van der Waals surface area contributed by atoms with E-state index in [0.717, 1.165) is 38.1 Å². The maximum absolute atomic E-state index is 13.5. The molecule has 11 heteroatoms. The van der Waals surface area contributed by atoms with Gasteiger partial charge >= 0.3 is 5.97 Å². The minimum Gasteiger partial charge on any atom is -0.485 e. The zero-order chi connectivity index (χ0) is 41.5. The van der Waals surface area contributed by atoms with Gasteiger partial charge in [-0.2, -0.15) is 0 Å². The van der Waals surface area contributed by atoms with E-state index in [4.69, 9.17) is 30.5 Å². The van der Waals surface area contributed by atoms with Crippen LogP contribution in [0.25, 0.3) is 32.3 Å². The molecule has 0 saturated heterocycles. The number of methoxy groups -OCH3 is 1. The van der Waals surface area contributed by atoms with Crippen molar-refractivity contribution >= 4 is 49.0 Å². The van der Waals surface area contributed by atoms with E-state index in [9.17, 15) is 13.2 Å². The molecule has 8 rings (SSSR count). The Morgan fingerprint density at radius 2 is 1.15 bits per heavy atom. The van der Waals surface area contributed by atoms with Gasteiger partial charge in [0.25, 0.3) is 0 Å². The number of benzene rings is 7. The van der Waals surface area contributed by atoms with Crippen molar-refractivity contribution in [3.05, 3.63) is 196 Å². The second kappa shape index (κ2) is 18.2. The first-order valence-electron chi connectivity index (χ1n) is 19.0. The van der Waals surface area contributed by atoms with Crippen LogP contribution in [0.4, 0.5) is 0 Å². The van der Waals surface area contributed by atoms with Gasteiger partial charge in [0.1, 0.15) is 19.0 Å². The smallest absolute Gasteiger partial charge is 0.337 e. The molecule has 0 bridgehead atoms. The summed E-state index contributed by atoms with van der Waals surface area (Å²) in [6, 6.07) is 53.1. The monoisotopic (exact) mass is 851 g/mol. The molecule has 0 aliphatic heterocycles. The molecule has 0 atom stereocenters. The Morgan fingerprint density at radius 1 is 0.633 bits per heavy atom. The Morgan fingerprint density at radius 3 is 1.68 bits per heavy atom. The van der Waals surface area contributed by atoms with Crippen LogP contribution in [0.5, 0.6) is 23.0 Å². The molecule has 0 spiro atoms. The number of esters is 1. The van der Waals surface area contributed by atoms with Gasteiger partial charge < -0.3 is 18.9 Å². The van der Waals surface area contributed by atoms with E-state index in [0.29, 0.717) is 38.3 Å². The fourth-order valence-corrected chi connectivity index (χ4v) is 8.80. The zero-order valence-corrected chi connectivity index (χ0v) is 34.7. The first-order valence-corrected chi connectivity index (χ1v) is 21.7. The van der Waals surface area contributed by atoms with Gasteiger partial charge in [0.05, 0.1) is 22.4 Å². The largest absolute Gasteiger partial charge is 0.485 e. The van der Waals surface area contributed by atoms with Crippen molar-refractivity contribution < 1.29 is 32.2 Å². The van der Waals surface area contributed by atoms with Crippen LogP contribution in [0.3, 0.4) is 0 Å². The van der Waals surface area contributed by atoms with E-state index in [1.807, 2.05) is 72.8 Å². The SMILES string of the molecule is COC(=O)c1ccc(S(=O)(=O)NCc2sc3cc(OCc4ccc(-c5ccccc5)cc4)c(OCc4ccc(-c5ccccc5)cc4)cc3c2Oc2ccc(Cl)cc2)cc1. The minimum absolute atomic E-state index is 0.00333. The Bertz CT molecular complexity index is 2830. The van der Waals surface area contributed by atoms with E-state index in [2.05, 4.69) is 53.3 Å². The highest BCUT2D eigenvalue weighted by molar-refractivity contribution is 7.89. The van der Waals surface area contributed by atoms with Crippen molar-refractivity contribution in [2.45, 2.75) is 24.7 Å². The average Bonchev–Trinajstić information content (AvgIpc) is 3.63. The predicted molar refractivity (Wildman–Crippen MR) is 238 cm³/mol. The molecule has 0 unspecified atom stereocenters. The summed E-state index contributed by atoms with van der Waals surface area (Å²) in [5.41, 5.74) is 6.65. The number of carbonyl (C=O) groups excluding carboxylic acids is 1. The van der Waals surface area contributed by atoms with Crippen LogP contribution < -0.4 is 18.9 Å². The molecule has 0 saturated carbocycles. The first-order chi connectivity index (χ1) is 29.2. The van der Waals surface area contributed by atoms with E-state index in [1.54, 1.807) is 24.3 Å². The van der Waals surface area contributed by atoms with Crippen molar-refractivity contribution in [2.75, 3.05) is 7.11 Å². The van der Waals surface area contributed by atoms with Crippen LogP contribution in [0.2, 0.25) is 5.02 Å². The number of rotatable bonds is 15. The summed E-state index contributed by atoms with van der Waals surface area (Å²) in [7, 11) is -2.73. The van der Waals surface area contributed by atoms with Crippen molar-refractivity contribution in [2.24, 2.45) is 0 Å². The first kappa shape index (κ1) is 40.4. The van der Waals surface area contributed by atoms with Crippen molar-refractivity contribution in [1.29, 1.82) is 0 Å². The molecule has 0 aliphatic rings. The second-order valence-corrected chi connectivity index (χ2v) is 17.1. The fraction of sp³-hybridized carbons (Fsp3) is 0.0816. The summed E-state index contributed by atoms with van der Waals surface area (Å²) >= 11 is 7.57. The molecule has 0 fully saturated rings. The van der Waals surface area contributed by atoms with Crippen LogP contribution in [-0.2, 0) is 34.5 Å². The third-order valence-electron chi connectivity index (χ3n) is 9.73. The maximum atomic E-state index is 13.5. The highest BCUT2D eigenvalue weighted by Crippen LogP contribution is 2.46. The number of hydrogen-bond acceptors (Lipinski definition) is 8. The van der Waals surface area contributed by atoms with E-state index >= 15 is 0 Å². The van der Waals surface area contributed by atoms with Gasteiger partial charge in [0, 0.05) is 27.7 Å². The molecular weight excluding hydrogens is 814 g/mol. The number of carbonyl (C=O) groups is 1. The van der Waals surface area contributed by atoms with Crippen LogP contribution in [0, 0.1) is 0 Å². The third-order valence-corrected chi connectivity index (χ3v) is 12.5. The van der Waals surface area contributed by atoms with Gasteiger partial charge in [-0.1, -0.05) is 121 Å². The Balaban J connectivity index is 1.12. The van der Waals surface area contributed by atoms with Crippen molar-refractivity contribution in [3.63, 3.8) is 0 Å². The Hall–Kier alpha value is -6.43. The molecule has 0 amide bonds. The lowest BCUT2D eigenvalue weighted by molar-refractivity contribution is 0.0600. The van der Waals surface area contributed by atoms with Gasteiger partial charge in [-0.15, -0.1) is 11.3 Å². The van der Waals surface area contributed by atoms with Crippen LogP contribution in [-0.4, -0.2) is 21.5 Å². The standard InChI is InChI=1S/C49H38ClNO7S2/c1-55-49(52)39-20-26-42(27-21-39)60(53,54)51-30-47-48(58-41-24-22-40(50)23-25-41)43-28-44(56-31-33-12-16-37(17-13-33)35-8-4-2-5-9-35)45(29-46(43)59-47)57-32-34-14-18-38(19-15-34)36-10-6-3-7-11-36/h2-29,51H,30-32H2,1H3. The summed E-state index contributed by atoms with van der Waals surface area (Å²) in [5, 5.41) is 1.26. The van der Waals surface area contributed by atoms with Gasteiger partial charge in [-0.3, -0.25) is 0 Å². The highest BCUT2D eigenvalue weighted by atomic mass is 35.5. The van der Waals surface area contributed by atoms with Crippen molar-refractivity contribution in [3.8, 4) is 45.3 Å². The van der Waals surface area contributed by atoms with E-state index in [1.165, 1.54) is 42.7 Å². The molecule has 1 heterocycles. The lowest BCUT2D eigenvalue weighted by atomic mass is 10.0. The molecule has 60 heavy (non-hydrogen) atoms. The second-order valence-electron chi connectivity index (χ2n) is 13.7. The van der Waals surface area contributed by atoms with Gasteiger partial charge in [-0.05, 0) is 88.0 Å². The predicted octanol–water partition coefficient (Wildman–Crippen LogP) is 12.1. The van der Waals surface area contributed by atoms with E-state index in [-0.39, 0.29) is 30.2 Å². The summed E-state index contributed by atoms with van der Waals surface area (Å²) in [4.78, 5) is 12.6. The van der Waals surface area contributed by atoms with E-state index < -0.39 is 16.0 Å². The number of fused-ring (bicyclic) bond motifs is 1. The number of sulfonamides is 1. The Kier molecular flexibility index (Phi) is 12.3.